The number of benzene rings is 1. The first-order valence-corrected chi connectivity index (χ1v) is 9.40. The van der Waals surface area contributed by atoms with Crippen LogP contribution in [0.25, 0.3) is 22.4 Å². The van der Waals surface area contributed by atoms with Gasteiger partial charge in [-0.05, 0) is 35.9 Å². The summed E-state index contributed by atoms with van der Waals surface area (Å²) in [7, 11) is 0. The quantitative estimate of drug-likeness (QED) is 0.728. The van der Waals surface area contributed by atoms with E-state index in [9.17, 15) is 14.0 Å². The lowest BCUT2D eigenvalue weighted by molar-refractivity contribution is -0.130. The second-order valence-electron chi connectivity index (χ2n) is 7.25. The number of pyridine rings is 1. The Morgan fingerprint density at radius 2 is 1.97 bits per heavy atom. The Balaban J connectivity index is 1.74. The van der Waals surface area contributed by atoms with E-state index in [0.717, 1.165) is 27.9 Å². The summed E-state index contributed by atoms with van der Waals surface area (Å²) in [6.45, 7) is 3.14. The molecule has 0 bridgehead atoms. The standard InChI is InChI=1S/C21H18FN5O2/c1-12(28)26-8-9-27-17(11-26)19(20(25-27)13-2-4-14(22)5-3-13)15-6-7-23-21-16(15)10-18(29)24-21/h2-7H,8-11H2,1H3,(H,23,24,29). The number of aromatic nitrogens is 3. The Labute approximate surface area is 166 Å². The maximum Gasteiger partial charge on any atom is 0.230 e. The van der Waals surface area contributed by atoms with Gasteiger partial charge in [-0.3, -0.25) is 14.3 Å². The average molecular weight is 391 g/mol. The molecule has 3 aromatic rings. The van der Waals surface area contributed by atoms with E-state index < -0.39 is 0 Å². The monoisotopic (exact) mass is 391 g/mol. The predicted molar refractivity (Wildman–Crippen MR) is 104 cm³/mol. The molecule has 2 aliphatic heterocycles. The van der Waals surface area contributed by atoms with E-state index in [1.807, 2.05) is 10.7 Å². The number of carbonyl (C=O) groups is 2. The van der Waals surface area contributed by atoms with Crippen molar-refractivity contribution in [2.24, 2.45) is 0 Å². The van der Waals surface area contributed by atoms with Crippen LogP contribution in [0.15, 0.2) is 36.5 Å². The minimum Gasteiger partial charge on any atom is -0.335 e. The third-order valence-electron chi connectivity index (χ3n) is 5.46. The molecule has 4 heterocycles. The number of anilines is 1. The molecule has 146 valence electrons. The van der Waals surface area contributed by atoms with E-state index in [2.05, 4.69) is 10.3 Å². The fourth-order valence-corrected chi connectivity index (χ4v) is 4.03. The zero-order valence-electron chi connectivity index (χ0n) is 15.8. The van der Waals surface area contributed by atoms with Gasteiger partial charge in [0, 0.05) is 36.4 Å². The van der Waals surface area contributed by atoms with Crippen molar-refractivity contribution in [3.8, 4) is 22.4 Å². The molecule has 0 aliphatic carbocycles. The lowest BCUT2D eigenvalue weighted by Crippen LogP contribution is -2.37. The molecular weight excluding hydrogens is 373 g/mol. The summed E-state index contributed by atoms with van der Waals surface area (Å²) in [4.78, 5) is 30.0. The number of hydrogen-bond donors (Lipinski definition) is 1. The van der Waals surface area contributed by atoms with Crippen molar-refractivity contribution in [1.82, 2.24) is 19.7 Å². The first-order valence-electron chi connectivity index (χ1n) is 9.40. The van der Waals surface area contributed by atoms with Crippen LogP contribution in [0, 0.1) is 5.82 Å². The van der Waals surface area contributed by atoms with Crippen LogP contribution in [-0.4, -0.2) is 38.0 Å². The summed E-state index contributed by atoms with van der Waals surface area (Å²) in [6, 6.07) is 8.07. The highest BCUT2D eigenvalue weighted by atomic mass is 19.1. The molecule has 5 rings (SSSR count). The zero-order chi connectivity index (χ0) is 20.1. The summed E-state index contributed by atoms with van der Waals surface area (Å²) < 4.78 is 15.4. The van der Waals surface area contributed by atoms with Crippen LogP contribution in [0.5, 0.6) is 0 Å². The molecule has 0 saturated carbocycles. The molecule has 0 fully saturated rings. The number of nitrogens with zero attached hydrogens (tertiary/aromatic N) is 4. The van der Waals surface area contributed by atoms with E-state index in [-0.39, 0.29) is 24.1 Å². The Bertz CT molecular complexity index is 1150. The van der Waals surface area contributed by atoms with Crippen molar-refractivity contribution >= 4 is 17.6 Å². The van der Waals surface area contributed by atoms with Crippen molar-refractivity contribution in [3.05, 3.63) is 53.6 Å². The van der Waals surface area contributed by atoms with Crippen LogP contribution in [-0.2, 0) is 29.1 Å². The van der Waals surface area contributed by atoms with Gasteiger partial charge in [-0.15, -0.1) is 0 Å². The van der Waals surface area contributed by atoms with Crippen LogP contribution in [0.1, 0.15) is 18.2 Å². The third-order valence-corrected chi connectivity index (χ3v) is 5.46. The van der Waals surface area contributed by atoms with Gasteiger partial charge in [-0.2, -0.15) is 5.10 Å². The Hall–Kier alpha value is -3.55. The zero-order valence-corrected chi connectivity index (χ0v) is 15.8. The van der Waals surface area contributed by atoms with Gasteiger partial charge in [0.1, 0.15) is 17.3 Å². The normalized spacial score (nSPS) is 15.1. The molecule has 1 N–H and O–H groups in total. The van der Waals surface area contributed by atoms with E-state index >= 15 is 0 Å². The molecule has 29 heavy (non-hydrogen) atoms. The van der Waals surface area contributed by atoms with Crippen LogP contribution >= 0.6 is 0 Å². The Kier molecular flexibility index (Phi) is 3.94. The summed E-state index contributed by atoms with van der Waals surface area (Å²) in [5.41, 5.74) is 4.92. The fraction of sp³-hybridized carbons (Fsp3) is 0.238. The van der Waals surface area contributed by atoms with Crippen LogP contribution in [0.4, 0.5) is 10.2 Å². The topological polar surface area (TPSA) is 80.1 Å². The lowest BCUT2D eigenvalue weighted by Gasteiger charge is -2.27. The van der Waals surface area contributed by atoms with E-state index in [1.165, 1.54) is 12.1 Å². The number of halogens is 1. The van der Waals surface area contributed by atoms with Crippen LogP contribution in [0.3, 0.4) is 0 Å². The summed E-state index contributed by atoms with van der Waals surface area (Å²) in [5, 5.41) is 7.58. The molecule has 2 amide bonds. The number of nitrogens with one attached hydrogen (secondary N) is 1. The molecule has 2 aliphatic rings. The van der Waals surface area contributed by atoms with Gasteiger partial charge < -0.3 is 10.2 Å². The molecule has 0 atom stereocenters. The molecule has 0 radical (unpaired) electrons. The van der Waals surface area contributed by atoms with E-state index in [4.69, 9.17) is 5.10 Å². The molecular formula is C21H18FN5O2. The summed E-state index contributed by atoms with van der Waals surface area (Å²) in [6.07, 6.45) is 1.90. The highest BCUT2D eigenvalue weighted by Gasteiger charge is 2.30. The number of hydrogen-bond acceptors (Lipinski definition) is 4. The fourth-order valence-electron chi connectivity index (χ4n) is 4.03. The maximum atomic E-state index is 13.5. The van der Waals surface area contributed by atoms with Gasteiger partial charge in [0.25, 0.3) is 0 Å². The minimum absolute atomic E-state index is 0.00327. The number of rotatable bonds is 2. The van der Waals surface area contributed by atoms with Crippen molar-refractivity contribution in [1.29, 1.82) is 0 Å². The van der Waals surface area contributed by atoms with Gasteiger partial charge in [-0.1, -0.05) is 0 Å². The Morgan fingerprint density at radius 1 is 1.17 bits per heavy atom. The number of carbonyl (C=O) groups excluding carboxylic acids is 2. The molecule has 7 nitrogen and oxygen atoms in total. The number of amides is 2. The highest BCUT2D eigenvalue weighted by Crippen LogP contribution is 2.40. The smallest absolute Gasteiger partial charge is 0.230 e. The summed E-state index contributed by atoms with van der Waals surface area (Å²) in [5.74, 6) is 0.136. The second kappa shape index (κ2) is 6.51. The molecule has 0 unspecified atom stereocenters. The highest BCUT2D eigenvalue weighted by molar-refractivity contribution is 6.01. The minimum atomic E-state index is -0.318. The average Bonchev–Trinajstić information content (AvgIpc) is 3.27. The van der Waals surface area contributed by atoms with Crippen molar-refractivity contribution in [3.63, 3.8) is 0 Å². The second-order valence-corrected chi connectivity index (χ2v) is 7.25. The van der Waals surface area contributed by atoms with Crippen molar-refractivity contribution in [2.45, 2.75) is 26.4 Å². The van der Waals surface area contributed by atoms with Crippen molar-refractivity contribution < 1.29 is 14.0 Å². The molecule has 0 spiro atoms. The van der Waals surface area contributed by atoms with Crippen molar-refractivity contribution in [2.75, 3.05) is 11.9 Å². The molecule has 2 aromatic heterocycles. The predicted octanol–water partition coefficient (Wildman–Crippen LogP) is 2.61. The van der Waals surface area contributed by atoms with Crippen LogP contribution < -0.4 is 5.32 Å². The first kappa shape index (κ1) is 17.5. The van der Waals surface area contributed by atoms with Gasteiger partial charge in [-0.25, -0.2) is 9.37 Å². The molecule has 1 aromatic carbocycles. The molecule has 0 saturated heterocycles. The van der Waals surface area contributed by atoms with Gasteiger partial charge in [0.15, 0.2) is 0 Å². The SMILES string of the molecule is CC(=O)N1CCn2nc(-c3ccc(F)cc3)c(-c3ccnc4c3CC(=O)N4)c2C1. The summed E-state index contributed by atoms with van der Waals surface area (Å²) >= 11 is 0. The van der Waals surface area contributed by atoms with Gasteiger partial charge in [0.05, 0.1) is 25.2 Å². The Morgan fingerprint density at radius 3 is 2.72 bits per heavy atom. The largest absolute Gasteiger partial charge is 0.335 e. The van der Waals surface area contributed by atoms with Gasteiger partial charge in [0.2, 0.25) is 11.8 Å². The molecule has 8 heteroatoms. The third kappa shape index (κ3) is 2.88. The maximum absolute atomic E-state index is 13.5. The number of fused-ring (bicyclic) bond motifs is 2. The van der Waals surface area contributed by atoms with E-state index in [0.29, 0.717) is 31.1 Å². The lowest BCUT2D eigenvalue weighted by atomic mass is 9.94. The van der Waals surface area contributed by atoms with Gasteiger partial charge >= 0.3 is 0 Å². The van der Waals surface area contributed by atoms with Crippen LogP contribution in [0.2, 0.25) is 0 Å². The first-order chi connectivity index (χ1) is 14.0. The van der Waals surface area contributed by atoms with E-state index in [1.54, 1.807) is 30.2 Å².